The molecular weight excluding hydrogens is 324 g/mol. The second-order valence-corrected chi connectivity index (χ2v) is 6.82. The first-order valence-corrected chi connectivity index (χ1v) is 8.84. The molecule has 2 aromatic rings. The third kappa shape index (κ3) is 5.62. The van der Waals surface area contributed by atoms with Crippen molar-refractivity contribution in [2.45, 2.75) is 26.2 Å². The van der Waals surface area contributed by atoms with Gasteiger partial charge in [0.15, 0.2) is 5.96 Å². The minimum Gasteiger partial charge on any atom is -0.370 e. The van der Waals surface area contributed by atoms with Crippen LogP contribution < -0.4 is 11.1 Å². The third-order valence-corrected chi connectivity index (χ3v) is 4.09. The van der Waals surface area contributed by atoms with E-state index < -0.39 is 0 Å². The van der Waals surface area contributed by atoms with E-state index in [0.29, 0.717) is 24.0 Å². The molecule has 5 heteroatoms. The SMILES string of the molecule is CC(C)c1cccc(NC(N)=NCCc2cccc(C(=O)N(C)C)c2)c1. The molecular formula is C21H28N4O. The van der Waals surface area contributed by atoms with E-state index in [1.54, 1.807) is 19.0 Å². The third-order valence-electron chi connectivity index (χ3n) is 4.09. The van der Waals surface area contributed by atoms with Gasteiger partial charge in [0, 0.05) is 31.9 Å². The fourth-order valence-corrected chi connectivity index (χ4v) is 2.59. The van der Waals surface area contributed by atoms with Crippen molar-refractivity contribution in [2.75, 3.05) is 26.0 Å². The Morgan fingerprint density at radius 2 is 1.88 bits per heavy atom. The number of guanidine groups is 1. The van der Waals surface area contributed by atoms with E-state index in [9.17, 15) is 4.79 Å². The number of nitrogens with zero attached hydrogens (tertiary/aromatic N) is 2. The van der Waals surface area contributed by atoms with Gasteiger partial charge in [-0.15, -0.1) is 0 Å². The predicted octanol–water partition coefficient (Wildman–Crippen LogP) is 3.48. The summed E-state index contributed by atoms with van der Waals surface area (Å²) in [7, 11) is 3.50. The quantitative estimate of drug-likeness (QED) is 0.618. The average molecular weight is 352 g/mol. The van der Waals surface area contributed by atoms with Crippen molar-refractivity contribution in [3.05, 3.63) is 65.2 Å². The highest BCUT2D eigenvalue weighted by Crippen LogP contribution is 2.18. The van der Waals surface area contributed by atoms with Crippen LogP contribution in [0.3, 0.4) is 0 Å². The molecule has 0 spiro atoms. The summed E-state index contributed by atoms with van der Waals surface area (Å²) in [5.41, 5.74) is 9.94. The monoisotopic (exact) mass is 352 g/mol. The molecule has 0 atom stereocenters. The number of amides is 1. The molecule has 0 aliphatic heterocycles. The van der Waals surface area contributed by atoms with Crippen LogP contribution in [-0.2, 0) is 6.42 Å². The summed E-state index contributed by atoms with van der Waals surface area (Å²) in [5, 5.41) is 3.13. The number of benzene rings is 2. The molecule has 0 saturated carbocycles. The van der Waals surface area contributed by atoms with E-state index in [2.05, 4.69) is 36.3 Å². The minimum atomic E-state index is 0.00145. The van der Waals surface area contributed by atoms with Crippen LogP contribution in [-0.4, -0.2) is 37.4 Å². The lowest BCUT2D eigenvalue weighted by molar-refractivity contribution is 0.0827. The Hall–Kier alpha value is -2.82. The molecule has 0 heterocycles. The highest BCUT2D eigenvalue weighted by Gasteiger charge is 2.08. The highest BCUT2D eigenvalue weighted by atomic mass is 16.2. The first-order chi connectivity index (χ1) is 12.4. The Balaban J connectivity index is 1.95. The summed E-state index contributed by atoms with van der Waals surface area (Å²) in [5.74, 6) is 0.861. The lowest BCUT2D eigenvalue weighted by Gasteiger charge is -2.11. The van der Waals surface area contributed by atoms with E-state index in [1.165, 1.54) is 5.56 Å². The molecule has 0 radical (unpaired) electrons. The van der Waals surface area contributed by atoms with Crippen molar-refractivity contribution in [3.63, 3.8) is 0 Å². The Morgan fingerprint density at radius 1 is 1.15 bits per heavy atom. The molecule has 2 rings (SSSR count). The fourth-order valence-electron chi connectivity index (χ4n) is 2.59. The van der Waals surface area contributed by atoms with Crippen molar-refractivity contribution in [1.29, 1.82) is 0 Å². The molecule has 2 aromatic carbocycles. The number of hydrogen-bond acceptors (Lipinski definition) is 2. The van der Waals surface area contributed by atoms with Gasteiger partial charge in [-0.3, -0.25) is 9.79 Å². The molecule has 0 bridgehead atoms. The van der Waals surface area contributed by atoms with Crippen LogP contribution in [0, 0.1) is 0 Å². The summed E-state index contributed by atoms with van der Waals surface area (Å²) in [4.78, 5) is 18.0. The van der Waals surface area contributed by atoms with Crippen LogP contribution in [0.4, 0.5) is 5.69 Å². The number of nitrogens with two attached hydrogens (primary N) is 1. The Labute approximate surface area is 155 Å². The van der Waals surface area contributed by atoms with Gasteiger partial charge in [0.25, 0.3) is 5.91 Å². The van der Waals surface area contributed by atoms with Crippen LogP contribution in [0.1, 0.15) is 41.3 Å². The smallest absolute Gasteiger partial charge is 0.253 e. The number of carbonyl (C=O) groups excluding carboxylic acids is 1. The van der Waals surface area contributed by atoms with Crippen molar-refractivity contribution < 1.29 is 4.79 Å². The molecule has 5 nitrogen and oxygen atoms in total. The summed E-state index contributed by atoms with van der Waals surface area (Å²) in [6.45, 7) is 4.87. The predicted molar refractivity (Wildman–Crippen MR) is 109 cm³/mol. The van der Waals surface area contributed by atoms with E-state index in [0.717, 1.165) is 17.7 Å². The number of rotatable bonds is 6. The first-order valence-electron chi connectivity index (χ1n) is 8.84. The molecule has 0 aliphatic rings. The zero-order valence-electron chi connectivity index (χ0n) is 16.0. The van der Waals surface area contributed by atoms with Crippen LogP contribution in [0.25, 0.3) is 0 Å². The van der Waals surface area contributed by atoms with Crippen LogP contribution in [0.2, 0.25) is 0 Å². The van der Waals surface area contributed by atoms with Gasteiger partial charge in [0.2, 0.25) is 0 Å². The standard InChI is InChI=1S/C21H28N4O/c1-15(2)17-8-6-10-19(14-17)24-21(22)23-12-11-16-7-5-9-18(13-16)20(26)25(3)4/h5-10,13-15H,11-12H2,1-4H3,(H3,22,23,24). The number of aliphatic imine (C=N–C) groups is 1. The molecule has 3 N–H and O–H groups in total. The summed E-state index contributed by atoms with van der Waals surface area (Å²) in [6, 6.07) is 15.8. The molecule has 0 fully saturated rings. The summed E-state index contributed by atoms with van der Waals surface area (Å²) in [6.07, 6.45) is 0.725. The lowest BCUT2D eigenvalue weighted by Crippen LogP contribution is -2.23. The Bertz CT molecular complexity index is 781. The highest BCUT2D eigenvalue weighted by molar-refractivity contribution is 5.94. The normalized spacial score (nSPS) is 11.5. The molecule has 1 amide bonds. The summed E-state index contributed by atoms with van der Waals surface area (Å²) >= 11 is 0. The van der Waals surface area contributed by atoms with Crippen molar-refractivity contribution in [3.8, 4) is 0 Å². The minimum absolute atomic E-state index is 0.00145. The van der Waals surface area contributed by atoms with E-state index in [4.69, 9.17) is 5.73 Å². The zero-order chi connectivity index (χ0) is 19.1. The summed E-state index contributed by atoms with van der Waals surface area (Å²) < 4.78 is 0. The van der Waals surface area contributed by atoms with Crippen LogP contribution in [0.15, 0.2) is 53.5 Å². The zero-order valence-corrected chi connectivity index (χ0v) is 16.0. The lowest BCUT2D eigenvalue weighted by atomic mass is 10.0. The number of hydrogen-bond donors (Lipinski definition) is 2. The number of anilines is 1. The van der Waals surface area contributed by atoms with E-state index in [1.807, 2.05) is 36.4 Å². The van der Waals surface area contributed by atoms with Gasteiger partial charge in [-0.1, -0.05) is 38.1 Å². The van der Waals surface area contributed by atoms with Gasteiger partial charge in [-0.2, -0.15) is 0 Å². The van der Waals surface area contributed by atoms with E-state index in [-0.39, 0.29) is 5.91 Å². The second-order valence-electron chi connectivity index (χ2n) is 6.82. The molecule has 0 saturated heterocycles. The number of nitrogens with one attached hydrogen (secondary N) is 1. The van der Waals surface area contributed by atoms with Crippen molar-refractivity contribution >= 4 is 17.6 Å². The number of carbonyl (C=O) groups is 1. The second kappa shape index (κ2) is 9.04. The maximum Gasteiger partial charge on any atom is 0.253 e. The maximum absolute atomic E-state index is 12.0. The van der Waals surface area contributed by atoms with Gasteiger partial charge in [0.1, 0.15) is 0 Å². The van der Waals surface area contributed by atoms with Gasteiger partial charge in [-0.25, -0.2) is 0 Å². The van der Waals surface area contributed by atoms with E-state index >= 15 is 0 Å². The molecule has 0 aliphatic carbocycles. The van der Waals surface area contributed by atoms with Crippen LogP contribution in [0.5, 0.6) is 0 Å². The molecule has 138 valence electrons. The first kappa shape index (κ1) is 19.5. The molecule has 0 aromatic heterocycles. The molecule has 26 heavy (non-hydrogen) atoms. The van der Waals surface area contributed by atoms with Gasteiger partial charge < -0.3 is 16.0 Å². The van der Waals surface area contributed by atoms with Crippen molar-refractivity contribution in [2.24, 2.45) is 10.7 Å². The largest absolute Gasteiger partial charge is 0.370 e. The van der Waals surface area contributed by atoms with Gasteiger partial charge in [-0.05, 0) is 47.7 Å². The molecule has 0 unspecified atom stereocenters. The fraction of sp³-hybridized carbons (Fsp3) is 0.333. The van der Waals surface area contributed by atoms with Gasteiger partial charge >= 0.3 is 0 Å². The van der Waals surface area contributed by atoms with Crippen LogP contribution >= 0.6 is 0 Å². The Morgan fingerprint density at radius 3 is 2.58 bits per heavy atom. The topological polar surface area (TPSA) is 70.7 Å². The Kier molecular flexibility index (Phi) is 6.78. The van der Waals surface area contributed by atoms with Gasteiger partial charge in [0.05, 0.1) is 0 Å². The van der Waals surface area contributed by atoms with Crippen molar-refractivity contribution in [1.82, 2.24) is 4.90 Å². The maximum atomic E-state index is 12.0. The average Bonchev–Trinajstić information content (AvgIpc) is 2.61.